The predicted octanol–water partition coefficient (Wildman–Crippen LogP) is 3.25. The van der Waals surface area contributed by atoms with Gasteiger partial charge in [0, 0.05) is 17.6 Å². The number of amides is 1. The number of H-pyrrole nitrogens is 1. The van der Waals surface area contributed by atoms with Crippen LogP contribution in [0.15, 0.2) is 52.4 Å². The number of fused-ring (bicyclic) bond motifs is 1. The topological polar surface area (TPSA) is 79.8 Å². The number of carbonyl (C=O) groups excluding carboxylic acids is 1. The van der Waals surface area contributed by atoms with Crippen LogP contribution in [0, 0.1) is 0 Å². The summed E-state index contributed by atoms with van der Waals surface area (Å²) in [5.41, 5.74) is 0.537. The Morgan fingerprint density at radius 3 is 2.84 bits per heavy atom. The molecule has 0 aliphatic carbocycles. The zero-order valence-corrected chi connectivity index (χ0v) is 15.0. The molecule has 0 aliphatic rings. The van der Waals surface area contributed by atoms with Gasteiger partial charge >= 0.3 is 5.69 Å². The molecule has 1 heterocycles. The minimum absolute atomic E-state index is 0.125. The average Bonchev–Trinajstić information content (AvgIpc) is 2.96. The van der Waals surface area contributed by atoms with Gasteiger partial charge in [0.05, 0.1) is 5.25 Å². The van der Waals surface area contributed by atoms with Crippen molar-refractivity contribution in [1.82, 2.24) is 14.8 Å². The third-order valence-electron chi connectivity index (χ3n) is 3.87. The number of hydrogen-bond donors (Lipinski definition) is 2. The summed E-state index contributed by atoms with van der Waals surface area (Å²) in [6.45, 7) is 4.38. The molecule has 7 heteroatoms. The van der Waals surface area contributed by atoms with Crippen LogP contribution in [-0.4, -0.2) is 25.9 Å². The zero-order chi connectivity index (χ0) is 17.8. The molecule has 2 N–H and O–H groups in total. The van der Waals surface area contributed by atoms with Crippen LogP contribution in [0.4, 0.5) is 5.69 Å². The predicted molar refractivity (Wildman–Crippen MR) is 101 cm³/mol. The lowest BCUT2D eigenvalue weighted by Crippen LogP contribution is -2.24. The molecule has 3 aromatic rings. The summed E-state index contributed by atoms with van der Waals surface area (Å²) >= 11 is 1.27. The Hall–Kier alpha value is -2.54. The molecule has 0 unspecified atom stereocenters. The van der Waals surface area contributed by atoms with Crippen LogP contribution in [-0.2, 0) is 11.3 Å². The third-order valence-corrected chi connectivity index (χ3v) is 4.96. The lowest BCUT2D eigenvalue weighted by atomic mass is 10.1. The van der Waals surface area contributed by atoms with Gasteiger partial charge in [-0.1, -0.05) is 55.1 Å². The lowest BCUT2D eigenvalue weighted by molar-refractivity contribution is -0.115. The summed E-state index contributed by atoms with van der Waals surface area (Å²) in [4.78, 5) is 24.3. The van der Waals surface area contributed by atoms with Crippen molar-refractivity contribution in [3.8, 4) is 0 Å². The highest BCUT2D eigenvalue weighted by atomic mass is 32.2. The summed E-state index contributed by atoms with van der Waals surface area (Å²) in [5, 5.41) is 11.7. The maximum atomic E-state index is 12.6. The fourth-order valence-corrected chi connectivity index (χ4v) is 3.48. The maximum absolute atomic E-state index is 12.6. The van der Waals surface area contributed by atoms with E-state index in [4.69, 9.17) is 0 Å². The van der Waals surface area contributed by atoms with E-state index in [9.17, 15) is 9.59 Å². The molecule has 6 nitrogen and oxygen atoms in total. The SMILES string of the molecule is CCCn1c(S[C@@H](C)C(=O)Nc2cccc3ccccc23)n[nH]c1=O. The van der Waals surface area contributed by atoms with E-state index in [1.165, 1.54) is 11.8 Å². The molecule has 0 radical (unpaired) electrons. The summed E-state index contributed by atoms with van der Waals surface area (Å²) in [7, 11) is 0. The molecule has 0 fully saturated rings. The van der Waals surface area contributed by atoms with Crippen molar-refractivity contribution in [2.75, 3.05) is 5.32 Å². The summed E-state index contributed by atoms with van der Waals surface area (Å²) < 4.78 is 1.56. The first-order valence-electron chi connectivity index (χ1n) is 8.20. The molecule has 0 spiro atoms. The maximum Gasteiger partial charge on any atom is 0.343 e. The van der Waals surface area contributed by atoms with Gasteiger partial charge < -0.3 is 5.32 Å². The number of benzene rings is 2. The molecule has 0 saturated heterocycles. The van der Waals surface area contributed by atoms with E-state index < -0.39 is 0 Å². The number of nitrogens with one attached hydrogen (secondary N) is 2. The summed E-state index contributed by atoms with van der Waals surface area (Å²) in [6.07, 6.45) is 0.823. The molecule has 25 heavy (non-hydrogen) atoms. The van der Waals surface area contributed by atoms with E-state index >= 15 is 0 Å². The highest BCUT2D eigenvalue weighted by Gasteiger charge is 2.19. The van der Waals surface area contributed by atoms with E-state index in [0.717, 1.165) is 22.9 Å². The van der Waals surface area contributed by atoms with E-state index in [1.807, 2.05) is 49.4 Å². The van der Waals surface area contributed by atoms with Crippen LogP contribution in [0.1, 0.15) is 20.3 Å². The van der Waals surface area contributed by atoms with Gasteiger partial charge in [0.2, 0.25) is 5.91 Å². The van der Waals surface area contributed by atoms with E-state index in [1.54, 1.807) is 11.5 Å². The van der Waals surface area contributed by atoms with Crippen molar-refractivity contribution in [3.63, 3.8) is 0 Å². The van der Waals surface area contributed by atoms with Gasteiger partial charge in [-0.15, -0.1) is 5.10 Å². The van der Waals surface area contributed by atoms with Crippen LogP contribution < -0.4 is 11.0 Å². The van der Waals surface area contributed by atoms with E-state index in [0.29, 0.717) is 11.7 Å². The van der Waals surface area contributed by atoms with Crippen LogP contribution in [0.3, 0.4) is 0 Å². The Balaban J connectivity index is 1.76. The number of nitrogens with zero attached hydrogens (tertiary/aromatic N) is 2. The quantitative estimate of drug-likeness (QED) is 0.665. The van der Waals surface area contributed by atoms with Gasteiger partial charge in [-0.3, -0.25) is 9.36 Å². The summed E-state index contributed by atoms with van der Waals surface area (Å²) in [5.74, 6) is -0.125. The van der Waals surface area contributed by atoms with Crippen molar-refractivity contribution in [1.29, 1.82) is 0 Å². The number of rotatable bonds is 6. The number of carbonyl (C=O) groups is 1. The standard InChI is InChI=1S/C18H20N4O2S/c1-3-11-22-17(24)20-21-18(22)25-12(2)16(23)19-15-10-6-8-13-7-4-5-9-14(13)15/h4-10,12H,3,11H2,1-2H3,(H,19,23)(H,20,24)/t12-/m0/s1. The first-order chi connectivity index (χ1) is 12.1. The Labute approximate surface area is 149 Å². The summed E-state index contributed by atoms with van der Waals surface area (Å²) in [6, 6.07) is 13.7. The van der Waals surface area contributed by atoms with Crippen LogP contribution in [0.25, 0.3) is 10.8 Å². The zero-order valence-electron chi connectivity index (χ0n) is 14.2. The molecule has 2 aromatic carbocycles. The highest BCUT2D eigenvalue weighted by molar-refractivity contribution is 8.00. The fraction of sp³-hybridized carbons (Fsp3) is 0.278. The second-order valence-electron chi connectivity index (χ2n) is 5.74. The molecule has 1 atom stereocenters. The van der Waals surface area contributed by atoms with E-state index in [-0.39, 0.29) is 16.8 Å². The molecular formula is C18H20N4O2S. The molecule has 1 amide bonds. The van der Waals surface area contributed by atoms with Crippen molar-refractivity contribution in [2.24, 2.45) is 0 Å². The fourth-order valence-electron chi connectivity index (χ4n) is 2.59. The number of aromatic amines is 1. The Morgan fingerprint density at radius 2 is 2.04 bits per heavy atom. The Bertz CT molecular complexity index is 942. The molecule has 130 valence electrons. The molecular weight excluding hydrogens is 336 g/mol. The van der Waals surface area contributed by atoms with Crippen molar-refractivity contribution in [3.05, 3.63) is 52.9 Å². The molecule has 0 bridgehead atoms. The monoisotopic (exact) mass is 356 g/mol. The van der Waals surface area contributed by atoms with Gasteiger partial charge in [-0.05, 0) is 24.8 Å². The first kappa shape index (κ1) is 17.3. The Kier molecular flexibility index (Phi) is 5.23. The van der Waals surface area contributed by atoms with Gasteiger partial charge in [0.25, 0.3) is 0 Å². The smallest absolute Gasteiger partial charge is 0.325 e. The number of anilines is 1. The largest absolute Gasteiger partial charge is 0.343 e. The van der Waals surface area contributed by atoms with Gasteiger partial charge in [-0.2, -0.15) is 0 Å². The van der Waals surface area contributed by atoms with Crippen molar-refractivity contribution >= 4 is 34.1 Å². The van der Waals surface area contributed by atoms with Crippen LogP contribution in [0.5, 0.6) is 0 Å². The number of thioether (sulfide) groups is 1. The second kappa shape index (κ2) is 7.57. The normalized spacial score (nSPS) is 12.2. The highest BCUT2D eigenvalue weighted by Crippen LogP contribution is 2.25. The molecule has 1 aromatic heterocycles. The van der Waals surface area contributed by atoms with E-state index in [2.05, 4.69) is 15.5 Å². The van der Waals surface area contributed by atoms with Gasteiger partial charge in [-0.25, -0.2) is 9.89 Å². The van der Waals surface area contributed by atoms with Crippen molar-refractivity contribution in [2.45, 2.75) is 37.2 Å². The number of aromatic nitrogens is 3. The van der Waals surface area contributed by atoms with Crippen LogP contribution >= 0.6 is 11.8 Å². The molecule has 3 rings (SSSR count). The Morgan fingerprint density at radius 1 is 1.28 bits per heavy atom. The minimum Gasteiger partial charge on any atom is -0.325 e. The second-order valence-corrected chi connectivity index (χ2v) is 7.05. The third kappa shape index (κ3) is 3.76. The minimum atomic E-state index is -0.384. The van der Waals surface area contributed by atoms with Gasteiger partial charge in [0.15, 0.2) is 5.16 Å². The number of hydrogen-bond acceptors (Lipinski definition) is 4. The molecule has 0 saturated carbocycles. The lowest BCUT2D eigenvalue weighted by Gasteiger charge is -2.13. The molecule has 0 aliphatic heterocycles. The van der Waals surface area contributed by atoms with Crippen LogP contribution in [0.2, 0.25) is 0 Å². The van der Waals surface area contributed by atoms with Crippen molar-refractivity contribution < 1.29 is 4.79 Å². The average molecular weight is 356 g/mol. The first-order valence-corrected chi connectivity index (χ1v) is 9.08. The van der Waals surface area contributed by atoms with Gasteiger partial charge in [0.1, 0.15) is 0 Å².